The Balaban J connectivity index is 0.000000275. The minimum atomic E-state index is 0.0437. The third-order valence-electron chi connectivity index (χ3n) is 5.73. The number of likely N-dealkylation sites (N-methyl/N-ethyl adjacent to an activating group) is 2. The fraction of sp³-hybridized carbons (Fsp3) is 0.370. The number of benzene rings is 2. The molecule has 0 aliphatic carbocycles. The number of fused-ring (bicyclic) bond motifs is 1. The van der Waals surface area contributed by atoms with Gasteiger partial charge in [0.2, 0.25) is 6.41 Å². The van der Waals surface area contributed by atoms with Crippen molar-refractivity contribution < 1.29 is 9.32 Å². The van der Waals surface area contributed by atoms with E-state index in [0.29, 0.717) is 6.41 Å². The molecule has 4 rings (SSSR count). The van der Waals surface area contributed by atoms with E-state index in [2.05, 4.69) is 95.3 Å². The molecule has 0 unspecified atom stereocenters. The Labute approximate surface area is 213 Å². The Bertz CT molecular complexity index is 1250. The first-order chi connectivity index (χ1) is 17.1. The zero-order valence-electron chi connectivity index (χ0n) is 22.2. The highest BCUT2D eigenvalue weighted by atomic mass is 16.5. The van der Waals surface area contributed by atoms with Crippen LogP contribution < -0.4 is 15.5 Å². The summed E-state index contributed by atoms with van der Waals surface area (Å²) >= 11 is 0. The van der Waals surface area contributed by atoms with Crippen LogP contribution in [0.25, 0.3) is 16.7 Å². The predicted octanol–water partition coefficient (Wildman–Crippen LogP) is 4.61. The number of hydrogen-bond acceptors (Lipinski definition) is 7. The number of rotatable bonds is 8. The summed E-state index contributed by atoms with van der Waals surface area (Å²) in [5, 5.41) is 9.38. The molecule has 0 saturated heterocycles. The number of carbonyl (C=O) groups excluding carboxylic acids is 1. The second-order valence-electron chi connectivity index (χ2n) is 9.90. The number of amides is 1. The summed E-state index contributed by atoms with van der Waals surface area (Å²) in [6.45, 7) is 8.23. The van der Waals surface area contributed by atoms with Gasteiger partial charge >= 0.3 is 0 Å². The van der Waals surface area contributed by atoms with Crippen molar-refractivity contribution in [1.82, 2.24) is 19.6 Å². The van der Waals surface area contributed by atoms with E-state index < -0.39 is 0 Å². The summed E-state index contributed by atoms with van der Waals surface area (Å²) in [5.41, 5.74) is 5.00. The average molecular weight is 492 g/mol. The van der Waals surface area contributed by atoms with E-state index in [0.717, 1.165) is 52.8 Å². The van der Waals surface area contributed by atoms with Crippen molar-refractivity contribution in [2.75, 3.05) is 56.8 Å². The van der Waals surface area contributed by atoms with Gasteiger partial charge in [0, 0.05) is 55.7 Å². The van der Waals surface area contributed by atoms with Crippen LogP contribution in [0, 0.1) is 0 Å². The molecule has 0 aliphatic rings. The van der Waals surface area contributed by atoms with Gasteiger partial charge in [0.05, 0.1) is 11.0 Å². The number of anilines is 3. The number of carbonyl (C=O) groups is 1. The summed E-state index contributed by atoms with van der Waals surface area (Å²) in [6.07, 6.45) is 2.51. The maximum Gasteiger partial charge on any atom is 0.211 e. The Hall–Kier alpha value is -3.85. The normalized spacial score (nSPS) is 11.2. The molecule has 9 nitrogen and oxygen atoms in total. The fourth-order valence-electron chi connectivity index (χ4n) is 3.45. The molecule has 0 atom stereocenters. The maximum absolute atomic E-state index is 10.5. The summed E-state index contributed by atoms with van der Waals surface area (Å²) in [4.78, 5) is 19.4. The lowest BCUT2D eigenvalue weighted by Crippen LogP contribution is -2.28. The van der Waals surface area contributed by atoms with Crippen molar-refractivity contribution >= 4 is 34.6 Å². The van der Waals surface area contributed by atoms with Gasteiger partial charge in [-0.15, -0.1) is 0 Å². The van der Waals surface area contributed by atoms with Gasteiger partial charge in [0.15, 0.2) is 5.82 Å². The van der Waals surface area contributed by atoms with E-state index in [4.69, 9.17) is 4.52 Å². The third-order valence-corrected chi connectivity index (χ3v) is 5.73. The van der Waals surface area contributed by atoms with Crippen molar-refractivity contribution in [3.63, 3.8) is 0 Å². The van der Waals surface area contributed by atoms with Crippen LogP contribution in [-0.4, -0.2) is 67.3 Å². The van der Waals surface area contributed by atoms with Crippen molar-refractivity contribution in [2.45, 2.75) is 26.2 Å². The van der Waals surface area contributed by atoms with Gasteiger partial charge in [0.25, 0.3) is 0 Å². The molecular formula is C27H37N7O2. The molecule has 1 amide bonds. The van der Waals surface area contributed by atoms with Crippen LogP contribution in [0.3, 0.4) is 0 Å². The molecule has 36 heavy (non-hydrogen) atoms. The van der Waals surface area contributed by atoms with Gasteiger partial charge in [-0.25, -0.2) is 4.98 Å². The first kappa shape index (κ1) is 26.7. The summed E-state index contributed by atoms with van der Waals surface area (Å²) in [7, 11) is 8.08. The smallest absolute Gasteiger partial charge is 0.211 e. The van der Waals surface area contributed by atoms with E-state index in [1.165, 1.54) is 0 Å². The van der Waals surface area contributed by atoms with Gasteiger partial charge < -0.3 is 25.0 Å². The first-order valence-corrected chi connectivity index (χ1v) is 11.9. The van der Waals surface area contributed by atoms with Gasteiger partial charge in [-0.2, -0.15) is 0 Å². The van der Waals surface area contributed by atoms with Crippen LogP contribution in [-0.2, 0) is 10.2 Å². The lowest BCUT2D eigenvalue weighted by Gasteiger charge is -2.21. The molecule has 2 aromatic carbocycles. The SMILES string of the molecule is CN(C)CCN(C)c1ccc2ncn(-c3ccc(NC=O)cc3)c2c1.CNc1cc(C(C)(C)C)on1. The zero-order chi connectivity index (χ0) is 26.3. The molecule has 0 spiro atoms. The number of hydrogen-bond donors (Lipinski definition) is 2. The Morgan fingerprint density at radius 3 is 2.31 bits per heavy atom. The first-order valence-electron chi connectivity index (χ1n) is 11.9. The van der Waals surface area contributed by atoms with E-state index in [-0.39, 0.29) is 5.41 Å². The van der Waals surface area contributed by atoms with Crippen LogP contribution in [0.1, 0.15) is 26.5 Å². The molecule has 0 aliphatic heterocycles. The molecule has 0 saturated carbocycles. The molecule has 2 heterocycles. The maximum atomic E-state index is 10.5. The largest absolute Gasteiger partial charge is 0.373 e. The molecule has 2 aromatic heterocycles. The lowest BCUT2D eigenvalue weighted by molar-refractivity contribution is -0.105. The van der Waals surface area contributed by atoms with E-state index in [1.807, 2.05) is 43.7 Å². The molecular weight excluding hydrogens is 454 g/mol. The number of nitrogens with zero attached hydrogens (tertiary/aromatic N) is 5. The molecule has 0 fully saturated rings. The number of nitrogens with one attached hydrogen (secondary N) is 2. The van der Waals surface area contributed by atoms with Crippen LogP contribution >= 0.6 is 0 Å². The van der Waals surface area contributed by atoms with Crippen molar-refractivity contribution in [2.24, 2.45) is 0 Å². The third kappa shape index (κ3) is 6.85. The highest BCUT2D eigenvalue weighted by Crippen LogP contribution is 2.25. The molecule has 4 aromatic rings. The van der Waals surface area contributed by atoms with Gasteiger partial charge in [-0.1, -0.05) is 25.9 Å². The molecule has 9 heteroatoms. The van der Waals surface area contributed by atoms with Crippen molar-refractivity contribution in [3.05, 3.63) is 60.6 Å². The van der Waals surface area contributed by atoms with Crippen molar-refractivity contribution in [3.8, 4) is 5.69 Å². The van der Waals surface area contributed by atoms with Gasteiger partial charge in [-0.05, 0) is 56.6 Å². The van der Waals surface area contributed by atoms with E-state index in [9.17, 15) is 4.79 Å². The quantitative estimate of drug-likeness (QED) is 0.348. The predicted molar refractivity (Wildman–Crippen MR) is 147 cm³/mol. The number of aromatic nitrogens is 3. The second kappa shape index (κ2) is 11.7. The Morgan fingerprint density at radius 2 is 1.75 bits per heavy atom. The summed E-state index contributed by atoms with van der Waals surface area (Å²) in [6, 6.07) is 15.9. The minimum absolute atomic E-state index is 0.0437. The Morgan fingerprint density at radius 1 is 1.03 bits per heavy atom. The van der Waals surface area contributed by atoms with Crippen LogP contribution in [0.5, 0.6) is 0 Å². The molecule has 2 N–H and O–H groups in total. The van der Waals surface area contributed by atoms with Gasteiger partial charge in [-0.3, -0.25) is 9.36 Å². The lowest BCUT2D eigenvalue weighted by atomic mass is 9.93. The van der Waals surface area contributed by atoms with Crippen molar-refractivity contribution in [1.29, 1.82) is 0 Å². The second-order valence-corrected chi connectivity index (χ2v) is 9.90. The van der Waals surface area contributed by atoms with E-state index >= 15 is 0 Å². The fourth-order valence-corrected chi connectivity index (χ4v) is 3.45. The van der Waals surface area contributed by atoms with Crippen LogP contribution in [0.15, 0.2) is 59.4 Å². The summed E-state index contributed by atoms with van der Waals surface area (Å²) < 4.78 is 7.17. The molecule has 0 bridgehead atoms. The monoisotopic (exact) mass is 491 g/mol. The Kier molecular flexibility index (Phi) is 8.71. The molecule has 192 valence electrons. The minimum Gasteiger partial charge on any atom is -0.373 e. The molecule has 0 radical (unpaired) electrons. The standard InChI is InChI=1S/C19H23N5O.C8H14N2O/c1-22(2)10-11-23(3)17-8-9-18-19(12-17)24(13-20-18)16-6-4-15(5-7-16)21-14-25;1-8(2,3)6-5-7(9-4)10-11-6/h4-9,12-14H,10-11H2,1-3H3,(H,21,25);5H,1-4H3,(H,9,10). The van der Waals surface area contributed by atoms with Gasteiger partial charge in [0.1, 0.15) is 12.1 Å². The highest BCUT2D eigenvalue weighted by molar-refractivity contribution is 5.82. The van der Waals surface area contributed by atoms with E-state index in [1.54, 1.807) is 0 Å². The summed E-state index contributed by atoms with van der Waals surface area (Å²) in [5.74, 6) is 1.69. The van der Waals surface area contributed by atoms with Crippen LogP contribution in [0.4, 0.5) is 17.2 Å². The highest BCUT2D eigenvalue weighted by Gasteiger charge is 2.19. The average Bonchev–Trinajstić information content (AvgIpc) is 3.51. The zero-order valence-corrected chi connectivity index (χ0v) is 22.2. The number of imidazole rings is 1. The topological polar surface area (TPSA) is 91.5 Å². The van der Waals surface area contributed by atoms with Crippen LogP contribution in [0.2, 0.25) is 0 Å².